The maximum absolute atomic E-state index is 5.87. The molecule has 0 unspecified atom stereocenters. The summed E-state index contributed by atoms with van der Waals surface area (Å²) in [4.78, 5) is 16.2. The molecule has 3 rings (SSSR count). The third kappa shape index (κ3) is 2.68. The van der Waals surface area contributed by atoms with Gasteiger partial charge in [-0.1, -0.05) is 0 Å². The van der Waals surface area contributed by atoms with E-state index in [0.29, 0.717) is 18.4 Å². The van der Waals surface area contributed by atoms with Crippen LogP contribution in [0.2, 0.25) is 5.28 Å². The number of aromatic nitrogens is 7. The van der Waals surface area contributed by atoms with Crippen molar-refractivity contribution in [1.29, 1.82) is 0 Å². The number of H-pyrrole nitrogens is 1. The fourth-order valence-electron chi connectivity index (χ4n) is 1.47. The minimum Gasteiger partial charge on any atom is -0.348 e. The van der Waals surface area contributed by atoms with Crippen molar-refractivity contribution in [2.24, 2.45) is 0 Å². The third-order valence-electron chi connectivity index (χ3n) is 2.33. The van der Waals surface area contributed by atoms with Gasteiger partial charge in [0.05, 0.1) is 12.2 Å². The van der Waals surface area contributed by atoms with E-state index >= 15 is 0 Å². The van der Waals surface area contributed by atoms with E-state index in [1.807, 2.05) is 6.07 Å². The van der Waals surface area contributed by atoms with Crippen molar-refractivity contribution in [3.63, 3.8) is 0 Å². The summed E-state index contributed by atoms with van der Waals surface area (Å²) in [6, 6.07) is 1.85. The number of hydrogen-bond donors (Lipinski definition) is 2. The summed E-state index contributed by atoms with van der Waals surface area (Å²) >= 11 is 5.87. The first-order chi connectivity index (χ1) is 9.31. The Kier molecular flexibility index (Phi) is 3.07. The first-order valence-corrected chi connectivity index (χ1v) is 5.81. The van der Waals surface area contributed by atoms with Crippen LogP contribution >= 0.6 is 11.6 Å². The number of rotatable bonds is 4. The van der Waals surface area contributed by atoms with Crippen molar-refractivity contribution < 1.29 is 0 Å². The van der Waals surface area contributed by atoms with E-state index in [9.17, 15) is 0 Å². The van der Waals surface area contributed by atoms with E-state index in [-0.39, 0.29) is 5.28 Å². The Balaban J connectivity index is 1.82. The van der Waals surface area contributed by atoms with Gasteiger partial charge >= 0.3 is 0 Å². The zero-order chi connectivity index (χ0) is 13.1. The first-order valence-electron chi connectivity index (χ1n) is 5.43. The Morgan fingerprint density at radius 2 is 2.21 bits per heavy atom. The van der Waals surface area contributed by atoms with Crippen molar-refractivity contribution >= 4 is 17.5 Å². The number of nitrogens with one attached hydrogen (secondary N) is 2. The highest BCUT2D eigenvalue weighted by atomic mass is 35.5. The molecule has 0 saturated heterocycles. The van der Waals surface area contributed by atoms with Crippen LogP contribution in [0.3, 0.4) is 0 Å². The van der Waals surface area contributed by atoms with Gasteiger partial charge in [-0.3, -0.25) is 9.67 Å². The Morgan fingerprint density at radius 3 is 2.95 bits per heavy atom. The minimum atomic E-state index is 0.116. The van der Waals surface area contributed by atoms with Crippen molar-refractivity contribution in [3.8, 4) is 5.95 Å². The second kappa shape index (κ2) is 5.02. The zero-order valence-corrected chi connectivity index (χ0v) is 10.4. The van der Waals surface area contributed by atoms with Crippen LogP contribution in [0.15, 0.2) is 31.0 Å². The van der Waals surface area contributed by atoms with Gasteiger partial charge in [-0.15, -0.1) is 0 Å². The molecule has 0 saturated carbocycles. The van der Waals surface area contributed by atoms with E-state index in [1.54, 1.807) is 29.5 Å². The molecule has 2 N–H and O–H groups in total. The van der Waals surface area contributed by atoms with Gasteiger partial charge in [-0.05, 0) is 17.7 Å². The lowest BCUT2D eigenvalue weighted by atomic mass is 10.4. The lowest BCUT2D eigenvalue weighted by Crippen LogP contribution is -2.08. The number of aromatic amines is 1. The Morgan fingerprint density at radius 1 is 1.26 bits per heavy atom. The van der Waals surface area contributed by atoms with Gasteiger partial charge in [0.25, 0.3) is 0 Å². The SMILES string of the molecule is Clc1nc(NCc2ccn[nH]2)nc(-n2ccnc2)n1. The molecule has 8 nitrogen and oxygen atoms in total. The molecule has 0 bridgehead atoms. The van der Waals surface area contributed by atoms with Crippen LogP contribution < -0.4 is 5.32 Å². The molecule has 9 heteroatoms. The second-order valence-electron chi connectivity index (χ2n) is 3.63. The highest BCUT2D eigenvalue weighted by Gasteiger charge is 2.06. The topological polar surface area (TPSA) is 97.2 Å². The van der Waals surface area contributed by atoms with Gasteiger partial charge in [0, 0.05) is 18.6 Å². The molecule has 0 fully saturated rings. The number of nitrogens with zero attached hydrogens (tertiary/aromatic N) is 6. The Bertz CT molecular complexity index is 648. The molecule has 0 aliphatic rings. The molecule has 3 heterocycles. The highest BCUT2D eigenvalue weighted by molar-refractivity contribution is 6.28. The summed E-state index contributed by atoms with van der Waals surface area (Å²) in [5, 5.41) is 9.84. The fourth-order valence-corrected chi connectivity index (χ4v) is 1.62. The summed E-state index contributed by atoms with van der Waals surface area (Å²) in [5.41, 5.74) is 0.917. The molecular formula is C10H9ClN8. The summed E-state index contributed by atoms with van der Waals surface area (Å²) in [6.45, 7) is 0.518. The molecule has 3 aromatic rings. The normalized spacial score (nSPS) is 10.6. The van der Waals surface area contributed by atoms with Gasteiger partial charge in [0.2, 0.25) is 17.2 Å². The van der Waals surface area contributed by atoms with Crippen LogP contribution in [0.1, 0.15) is 5.69 Å². The van der Waals surface area contributed by atoms with Gasteiger partial charge < -0.3 is 5.32 Å². The number of anilines is 1. The van der Waals surface area contributed by atoms with Crippen LogP contribution in [0, 0.1) is 0 Å². The lowest BCUT2D eigenvalue weighted by molar-refractivity contribution is 0.882. The monoisotopic (exact) mass is 276 g/mol. The van der Waals surface area contributed by atoms with Crippen LogP contribution in [0.25, 0.3) is 5.95 Å². The average molecular weight is 277 g/mol. The zero-order valence-electron chi connectivity index (χ0n) is 9.66. The van der Waals surface area contributed by atoms with Gasteiger partial charge in [-0.2, -0.15) is 20.1 Å². The van der Waals surface area contributed by atoms with Gasteiger partial charge in [0.1, 0.15) is 6.33 Å². The van der Waals surface area contributed by atoms with Gasteiger partial charge in [-0.25, -0.2) is 4.98 Å². The average Bonchev–Trinajstić information content (AvgIpc) is 3.09. The van der Waals surface area contributed by atoms with E-state index in [4.69, 9.17) is 11.6 Å². The molecule has 0 radical (unpaired) electrons. The number of halogens is 1. The number of imidazole rings is 1. The standard InChI is InChI=1S/C10H9ClN8/c11-8-15-9(13-5-7-1-2-14-18-7)17-10(16-8)19-4-3-12-6-19/h1-4,6H,5H2,(H,14,18)(H,13,15,16,17). The predicted molar refractivity (Wildman–Crippen MR) is 67.9 cm³/mol. The molecule has 0 spiro atoms. The summed E-state index contributed by atoms with van der Waals surface area (Å²) in [5.74, 6) is 0.794. The van der Waals surface area contributed by atoms with Gasteiger partial charge in [0.15, 0.2) is 0 Å². The molecule has 0 amide bonds. The first kappa shape index (κ1) is 11.6. The molecule has 0 atom stereocenters. The van der Waals surface area contributed by atoms with Crippen molar-refractivity contribution in [1.82, 2.24) is 34.7 Å². The van der Waals surface area contributed by atoms with Crippen LogP contribution in [0.5, 0.6) is 0 Å². The van der Waals surface area contributed by atoms with Crippen molar-refractivity contribution in [2.75, 3.05) is 5.32 Å². The molecule has 0 aromatic carbocycles. The van der Waals surface area contributed by atoms with E-state index in [2.05, 4.69) is 35.5 Å². The molecule has 0 aliphatic heterocycles. The summed E-state index contributed by atoms with van der Waals surface area (Å²) in [7, 11) is 0. The van der Waals surface area contributed by atoms with E-state index < -0.39 is 0 Å². The lowest BCUT2D eigenvalue weighted by Gasteiger charge is -2.05. The predicted octanol–water partition coefficient (Wildman–Crippen LogP) is 1.05. The summed E-state index contributed by atoms with van der Waals surface area (Å²) < 4.78 is 1.65. The molecule has 19 heavy (non-hydrogen) atoms. The molecule has 0 aliphatic carbocycles. The Labute approximate surface area is 112 Å². The number of hydrogen-bond acceptors (Lipinski definition) is 6. The highest BCUT2D eigenvalue weighted by Crippen LogP contribution is 2.10. The smallest absolute Gasteiger partial charge is 0.241 e. The van der Waals surface area contributed by atoms with Crippen LogP contribution in [-0.2, 0) is 6.54 Å². The minimum absolute atomic E-state index is 0.116. The Hall–Kier alpha value is -2.48. The maximum Gasteiger partial charge on any atom is 0.241 e. The molecule has 96 valence electrons. The fraction of sp³-hybridized carbons (Fsp3) is 0.100. The largest absolute Gasteiger partial charge is 0.348 e. The summed E-state index contributed by atoms with van der Waals surface area (Å²) in [6.07, 6.45) is 6.62. The molecule has 3 aromatic heterocycles. The van der Waals surface area contributed by atoms with Crippen LogP contribution in [0.4, 0.5) is 5.95 Å². The van der Waals surface area contributed by atoms with Crippen LogP contribution in [-0.4, -0.2) is 34.7 Å². The van der Waals surface area contributed by atoms with E-state index in [1.165, 1.54) is 0 Å². The third-order valence-corrected chi connectivity index (χ3v) is 2.50. The van der Waals surface area contributed by atoms with Crippen molar-refractivity contribution in [2.45, 2.75) is 6.54 Å². The quantitative estimate of drug-likeness (QED) is 0.739. The van der Waals surface area contributed by atoms with Crippen molar-refractivity contribution in [3.05, 3.63) is 42.0 Å². The van der Waals surface area contributed by atoms with E-state index in [0.717, 1.165) is 5.69 Å². The second-order valence-corrected chi connectivity index (χ2v) is 3.97. The molecular weight excluding hydrogens is 268 g/mol. The maximum atomic E-state index is 5.87.